The maximum Gasteiger partial charge on any atom is 0.223 e. The van der Waals surface area contributed by atoms with E-state index in [1.807, 2.05) is 17.0 Å². The van der Waals surface area contributed by atoms with Gasteiger partial charge in [-0.25, -0.2) is 0 Å². The molecule has 2 heterocycles. The van der Waals surface area contributed by atoms with Crippen molar-refractivity contribution in [2.24, 2.45) is 10.9 Å². The second-order valence-electron chi connectivity index (χ2n) is 9.20. The third-order valence-corrected chi connectivity index (χ3v) is 6.16. The van der Waals surface area contributed by atoms with Gasteiger partial charge in [0, 0.05) is 51.7 Å². The number of nitrogens with one attached hydrogen (secondary N) is 2. The Hall–Kier alpha value is -1.39. The van der Waals surface area contributed by atoms with Crippen molar-refractivity contribution in [3.63, 3.8) is 0 Å². The fourth-order valence-corrected chi connectivity index (χ4v) is 4.48. The summed E-state index contributed by atoms with van der Waals surface area (Å²) in [5.74, 6) is 1.71. The zero-order chi connectivity index (χ0) is 22.8. The van der Waals surface area contributed by atoms with E-state index in [9.17, 15) is 4.79 Å². The Kier molecular flexibility index (Phi) is 12.5. The van der Waals surface area contributed by atoms with Gasteiger partial charge in [0.25, 0.3) is 0 Å². The molecule has 8 heteroatoms. The lowest BCUT2D eigenvalue weighted by Gasteiger charge is -2.34. The molecule has 1 saturated heterocycles. The lowest BCUT2D eigenvalue weighted by Crippen LogP contribution is -2.46. The number of nitrogens with zero attached hydrogens (tertiary/aromatic N) is 3. The molecular formula is C25H42IN5O2. The maximum absolute atomic E-state index is 12.6. The van der Waals surface area contributed by atoms with Gasteiger partial charge in [-0.05, 0) is 36.8 Å². The van der Waals surface area contributed by atoms with Gasteiger partial charge in [0.05, 0.1) is 19.8 Å². The molecule has 7 nitrogen and oxygen atoms in total. The minimum absolute atomic E-state index is 0. The van der Waals surface area contributed by atoms with E-state index < -0.39 is 0 Å². The van der Waals surface area contributed by atoms with Gasteiger partial charge in [-0.2, -0.15) is 0 Å². The van der Waals surface area contributed by atoms with Crippen LogP contribution >= 0.6 is 24.0 Å². The van der Waals surface area contributed by atoms with Crippen LogP contribution in [-0.2, 0) is 22.6 Å². The van der Waals surface area contributed by atoms with Gasteiger partial charge in [-0.3, -0.25) is 14.7 Å². The van der Waals surface area contributed by atoms with E-state index in [1.165, 1.54) is 11.1 Å². The van der Waals surface area contributed by atoms with Crippen LogP contribution in [0.5, 0.6) is 0 Å². The molecule has 2 aliphatic rings. The number of guanidine groups is 1. The van der Waals surface area contributed by atoms with E-state index in [1.54, 1.807) is 0 Å². The Morgan fingerprint density at radius 3 is 2.39 bits per heavy atom. The van der Waals surface area contributed by atoms with Crippen LogP contribution in [0.15, 0.2) is 29.3 Å². The molecule has 186 valence electrons. The second-order valence-corrected chi connectivity index (χ2v) is 9.20. The van der Waals surface area contributed by atoms with Crippen molar-refractivity contribution in [1.82, 2.24) is 20.4 Å². The summed E-state index contributed by atoms with van der Waals surface area (Å²) in [5, 5.41) is 6.77. The molecule has 0 saturated carbocycles. The van der Waals surface area contributed by atoms with Crippen molar-refractivity contribution in [3.8, 4) is 0 Å². The zero-order valence-electron chi connectivity index (χ0n) is 20.5. The van der Waals surface area contributed by atoms with Crippen LogP contribution < -0.4 is 10.6 Å². The van der Waals surface area contributed by atoms with Crippen molar-refractivity contribution in [3.05, 3.63) is 35.4 Å². The molecule has 2 N–H and O–H groups in total. The highest BCUT2D eigenvalue weighted by molar-refractivity contribution is 14.0. The number of morpholine rings is 1. The molecular weight excluding hydrogens is 529 g/mol. The van der Waals surface area contributed by atoms with Crippen LogP contribution in [0.25, 0.3) is 0 Å². The summed E-state index contributed by atoms with van der Waals surface area (Å²) in [6, 6.07) is 8.76. The molecule has 1 amide bonds. The Balaban J connectivity index is 0.00000385. The van der Waals surface area contributed by atoms with E-state index in [4.69, 9.17) is 9.73 Å². The van der Waals surface area contributed by atoms with Crippen molar-refractivity contribution < 1.29 is 9.53 Å². The van der Waals surface area contributed by atoms with Crippen LogP contribution in [0, 0.1) is 5.92 Å². The predicted molar refractivity (Wildman–Crippen MR) is 145 cm³/mol. The average Bonchev–Trinajstić information content (AvgIpc) is 3.24. The van der Waals surface area contributed by atoms with E-state index in [0.717, 1.165) is 77.8 Å². The third-order valence-electron chi connectivity index (χ3n) is 6.16. The minimum Gasteiger partial charge on any atom is -0.379 e. The smallest absolute Gasteiger partial charge is 0.223 e. The monoisotopic (exact) mass is 571 g/mol. The summed E-state index contributed by atoms with van der Waals surface area (Å²) >= 11 is 0. The first-order valence-corrected chi connectivity index (χ1v) is 12.2. The van der Waals surface area contributed by atoms with Crippen molar-refractivity contribution in [2.45, 2.75) is 59.2 Å². The zero-order valence-corrected chi connectivity index (χ0v) is 22.8. The first-order chi connectivity index (χ1) is 15.6. The predicted octanol–water partition coefficient (Wildman–Crippen LogP) is 3.23. The van der Waals surface area contributed by atoms with Gasteiger partial charge in [-0.15, -0.1) is 24.0 Å². The van der Waals surface area contributed by atoms with Crippen molar-refractivity contribution in [2.75, 3.05) is 45.9 Å². The van der Waals surface area contributed by atoms with Gasteiger partial charge in [-0.1, -0.05) is 38.1 Å². The lowest BCUT2D eigenvalue weighted by atomic mass is 10.0. The summed E-state index contributed by atoms with van der Waals surface area (Å²) in [5.41, 5.74) is 2.55. The van der Waals surface area contributed by atoms with Crippen LogP contribution in [0.3, 0.4) is 0 Å². The number of aliphatic imine (C=N–C) groups is 1. The van der Waals surface area contributed by atoms with Gasteiger partial charge in [0.2, 0.25) is 5.91 Å². The molecule has 1 aromatic carbocycles. The number of rotatable bonds is 10. The number of carbonyl (C=O) groups excluding carboxylic acids is 1. The first-order valence-electron chi connectivity index (χ1n) is 12.2. The highest BCUT2D eigenvalue weighted by Gasteiger charge is 2.23. The molecule has 3 rings (SSSR count). The summed E-state index contributed by atoms with van der Waals surface area (Å²) in [6.07, 6.45) is 2.49. The topological polar surface area (TPSA) is 69.2 Å². The van der Waals surface area contributed by atoms with Gasteiger partial charge >= 0.3 is 0 Å². The van der Waals surface area contributed by atoms with Gasteiger partial charge < -0.3 is 20.3 Å². The lowest BCUT2D eigenvalue weighted by molar-refractivity contribution is -0.131. The van der Waals surface area contributed by atoms with Crippen LogP contribution in [0.2, 0.25) is 0 Å². The first kappa shape index (κ1) is 27.9. The fraction of sp³-hybridized carbons (Fsp3) is 0.680. The number of hydrogen-bond donors (Lipinski definition) is 2. The van der Waals surface area contributed by atoms with E-state index in [0.29, 0.717) is 18.4 Å². The molecule has 2 aliphatic heterocycles. The van der Waals surface area contributed by atoms with Crippen molar-refractivity contribution in [1.29, 1.82) is 0 Å². The third kappa shape index (κ3) is 9.05. The number of halogens is 1. The molecule has 1 atom stereocenters. The number of ether oxygens (including phenoxy) is 1. The quantitative estimate of drug-likeness (QED) is 0.196. The minimum atomic E-state index is 0. The Labute approximate surface area is 216 Å². The van der Waals surface area contributed by atoms with Crippen LogP contribution in [0.4, 0.5) is 0 Å². The van der Waals surface area contributed by atoms with Crippen LogP contribution in [-0.4, -0.2) is 73.6 Å². The van der Waals surface area contributed by atoms with E-state index >= 15 is 0 Å². The van der Waals surface area contributed by atoms with E-state index in [-0.39, 0.29) is 29.9 Å². The number of carbonyl (C=O) groups is 1. The van der Waals surface area contributed by atoms with Gasteiger partial charge in [0.15, 0.2) is 5.96 Å². The Morgan fingerprint density at radius 1 is 1.12 bits per heavy atom. The van der Waals surface area contributed by atoms with E-state index in [2.05, 4.69) is 48.4 Å². The second kappa shape index (κ2) is 14.8. The number of hydrogen-bond acceptors (Lipinski definition) is 4. The molecule has 33 heavy (non-hydrogen) atoms. The molecule has 1 fully saturated rings. The summed E-state index contributed by atoms with van der Waals surface area (Å²) in [6.45, 7) is 14.0. The Morgan fingerprint density at radius 2 is 1.79 bits per heavy atom. The van der Waals surface area contributed by atoms with Crippen molar-refractivity contribution >= 4 is 35.8 Å². The molecule has 0 spiro atoms. The summed E-state index contributed by atoms with van der Waals surface area (Å²) < 4.78 is 5.53. The largest absolute Gasteiger partial charge is 0.379 e. The Bertz CT molecular complexity index is 727. The number of benzene rings is 1. The van der Waals surface area contributed by atoms with Gasteiger partial charge in [0.1, 0.15) is 0 Å². The number of amides is 1. The summed E-state index contributed by atoms with van der Waals surface area (Å²) in [4.78, 5) is 22.0. The molecule has 0 bridgehead atoms. The highest BCUT2D eigenvalue weighted by Crippen LogP contribution is 2.22. The number of fused-ring (bicyclic) bond motifs is 1. The molecule has 1 aromatic rings. The van der Waals surface area contributed by atoms with Crippen LogP contribution in [0.1, 0.15) is 51.2 Å². The highest BCUT2D eigenvalue weighted by atomic mass is 127. The molecule has 0 radical (unpaired) electrons. The maximum atomic E-state index is 12.6. The summed E-state index contributed by atoms with van der Waals surface area (Å²) in [7, 11) is 0. The molecule has 0 aliphatic carbocycles. The standard InChI is InChI=1S/C25H41N5O2.HI/c1-4-26-25(28-17-23(16-20(2)3)29-12-14-32-15-13-29)27-11-7-10-24(31)30-18-21-8-5-6-9-22(21)19-30;/h5-6,8-9,20,23H,4,7,10-19H2,1-3H3,(H2,26,27,28);1H. The fourth-order valence-electron chi connectivity index (χ4n) is 4.48. The molecule has 1 unspecified atom stereocenters. The molecule has 0 aromatic heterocycles. The average molecular weight is 572 g/mol. The SMILES string of the molecule is CCNC(=NCC(CC(C)C)N1CCOCC1)NCCCC(=O)N1Cc2ccccc2C1.I. The normalized spacial score (nSPS) is 17.5.